The average Bonchev–Trinajstić information content (AvgIpc) is 3.17. The highest BCUT2D eigenvalue weighted by atomic mass is 19.1. The number of carbonyl (C=O) groups excluding carboxylic acids is 2. The third kappa shape index (κ3) is 5.52. The molecule has 9 heteroatoms. The molecule has 2 aromatic carbocycles. The summed E-state index contributed by atoms with van der Waals surface area (Å²) >= 11 is 0. The molecule has 0 aliphatic carbocycles. The maximum atomic E-state index is 14.6. The molecule has 1 N–H and O–H groups in total. The van der Waals surface area contributed by atoms with E-state index in [0.717, 1.165) is 25.2 Å². The van der Waals surface area contributed by atoms with E-state index in [0.29, 0.717) is 47.7 Å². The highest BCUT2D eigenvalue weighted by Crippen LogP contribution is 2.34. The Bertz CT molecular complexity index is 1220. The molecule has 2 heterocycles. The zero-order chi connectivity index (χ0) is 25.7. The zero-order valence-electron chi connectivity index (χ0n) is 20.9. The second kappa shape index (κ2) is 11.5. The minimum Gasteiger partial charge on any atom is -0.494 e. The highest BCUT2D eigenvalue weighted by Gasteiger charge is 2.28. The second-order valence-electron chi connectivity index (χ2n) is 8.81. The van der Waals surface area contributed by atoms with Crippen LogP contribution in [-0.2, 0) is 27.2 Å². The van der Waals surface area contributed by atoms with Gasteiger partial charge in [-0.3, -0.25) is 9.69 Å². The molecule has 0 radical (unpaired) electrons. The lowest BCUT2D eigenvalue weighted by atomic mass is 10.0. The smallest absolute Gasteiger partial charge is 0.328 e. The predicted molar refractivity (Wildman–Crippen MR) is 134 cm³/mol. The van der Waals surface area contributed by atoms with Crippen molar-refractivity contribution < 1.29 is 28.2 Å². The molecule has 1 aliphatic heterocycles. The molecule has 1 atom stereocenters. The van der Waals surface area contributed by atoms with E-state index in [4.69, 9.17) is 14.2 Å². The number of carbonyl (C=O) groups is 2. The van der Waals surface area contributed by atoms with Crippen LogP contribution in [0.1, 0.15) is 21.6 Å². The SMILES string of the molecule is COC(=O)[C@H](Cc1ccccc1)NC(=O)c1c(C)n(CCN2CCOCC2)c2c(OC)cc(F)cc12. The number of morpholine rings is 1. The van der Waals surface area contributed by atoms with Crippen molar-refractivity contribution in [2.45, 2.75) is 25.9 Å². The van der Waals surface area contributed by atoms with Gasteiger partial charge >= 0.3 is 5.97 Å². The van der Waals surface area contributed by atoms with Gasteiger partial charge in [0.05, 0.1) is 38.5 Å². The largest absolute Gasteiger partial charge is 0.494 e. The zero-order valence-corrected chi connectivity index (χ0v) is 20.9. The molecule has 1 aliphatic rings. The summed E-state index contributed by atoms with van der Waals surface area (Å²) in [4.78, 5) is 28.4. The quantitative estimate of drug-likeness (QED) is 0.458. The van der Waals surface area contributed by atoms with Gasteiger partial charge < -0.3 is 24.1 Å². The molecule has 0 bridgehead atoms. The Morgan fingerprint density at radius 3 is 2.50 bits per heavy atom. The number of halogens is 1. The molecule has 0 spiro atoms. The Morgan fingerprint density at radius 1 is 1.11 bits per heavy atom. The first-order valence-electron chi connectivity index (χ1n) is 12.0. The Morgan fingerprint density at radius 2 is 1.83 bits per heavy atom. The van der Waals surface area contributed by atoms with Gasteiger partial charge in [0.1, 0.15) is 17.6 Å². The first-order valence-corrected chi connectivity index (χ1v) is 12.0. The molecular weight excluding hydrogens is 465 g/mol. The van der Waals surface area contributed by atoms with Gasteiger partial charge in [0.2, 0.25) is 0 Å². The predicted octanol–water partition coefficient (Wildman–Crippen LogP) is 2.94. The number of hydrogen-bond acceptors (Lipinski definition) is 6. The van der Waals surface area contributed by atoms with Gasteiger partial charge in [0, 0.05) is 49.7 Å². The molecular formula is C27H32FN3O5. The topological polar surface area (TPSA) is 82.0 Å². The number of methoxy groups -OCH3 is 2. The summed E-state index contributed by atoms with van der Waals surface area (Å²) in [5, 5.41) is 3.26. The van der Waals surface area contributed by atoms with E-state index in [1.165, 1.54) is 26.4 Å². The maximum Gasteiger partial charge on any atom is 0.328 e. The minimum atomic E-state index is -0.897. The summed E-state index contributed by atoms with van der Waals surface area (Å²) in [7, 11) is 2.77. The van der Waals surface area contributed by atoms with Crippen LogP contribution in [0.3, 0.4) is 0 Å². The van der Waals surface area contributed by atoms with E-state index in [2.05, 4.69) is 10.2 Å². The van der Waals surface area contributed by atoms with Gasteiger partial charge in [-0.05, 0) is 18.6 Å². The van der Waals surface area contributed by atoms with E-state index >= 15 is 0 Å². The number of aromatic nitrogens is 1. The summed E-state index contributed by atoms with van der Waals surface area (Å²) in [6.45, 7) is 6.19. The molecule has 1 fully saturated rings. The first-order chi connectivity index (χ1) is 17.4. The van der Waals surface area contributed by atoms with Crippen molar-refractivity contribution in [2.24, 2.45) is 0 Å². The van der Waals surface area contributed by atoms with E-state index < -0.39 is 23.7 Å². The minimum absolute atomic E-state index is 0.269. The van der Waals surface area contributed by atoms with Crippen LogP contribution in [0.4, 0.5) is 4.39 Å². The number of benzene rings is 2. The van der Waals surface area contributed by atoms with Crippen molar-refractivity contribution in [3.05, 3.63) is 65.1 Å². The van der Waals surface area contributed by atoms with Crippen LogP contribution in [0.2, 0.25) is 0 Å². The Balaban J connectivity index is 1.69. The Hall–Kier alpha value is -3.43. The van der Waals surface area contributed by atoms with Crippen LogP contribution in [0.5, 0.6) is 5.75 Å². The molecule has 8 nitrogen and oxygen atoms in total. The number of ether oxygens (including phenoxy) is 3. The fourth-order valence-corrected chi connectivity index (χ4v) is 4.74. The van der Waals surface area contributed by atoms with Gasteiger partial charge in [-0.1, -0.05) is 30.3 Å². The van der Waals surface area contributed by atoms with Crippen LogP contribution < -0.4 is 10.1 Å². The number of nitrogens with one attached hydrogen (secondary N) is 1. The lowest BCUT2D eigenvalue weighted by Crippen LogP contribution is -2.43. The molecule has 0 saturated carbocycles. The summed E-state index contributed by atoms with van der Waals surface area (Å²) in [5.74, 6) is -1.18. The molecule has 1 saturated heterocycles. The summed E-state index contributed by atoms with van der Waals surface area (Å²) in [6.07, 6.45) is 0.269. The monoisotopic (exact) mass is 497 g/mol. The van der Waals surface area contributed by atoms with Gasteiger partial charge in [-0.15, -0.1) is 0 Å². The van der Waals surface area contributed by atoms with E-state index in [1.54, 1.807) is 0 Å². The molecule has 36 heavy (non-hydrogen) atoms. The number of esters is 1. The summed E-state index contributed by atoms with van der Waals surface area (Å²) in [5.41, 5.74) is 2.51. The van der Waals surface area contributed by atoms with Gasteiger partial charge in [0.25, 0.3) is 5.91 Å². The first kappa shape index (κ1) is 25.7. The molecule has 1 aromatic heterocycles. The fraction of sp³-hybridized carbons (Fsp3) is 0.407. The van der Waals surface area contributed by atoms with E-state index in [-0.39, 0.29) is 6.42 Å². The normalized spacial score (nSPS) is 15.0. The van der Waals surface area contributed by atoms with Crippen molar-refractivity contribution in [3.63, 3.8) is 0 Å². The second-order valence-corrected chi connectivity index (χ2v) is 8.81. The third-order valence-corrected chi connectivity index (χ3v) is 6.61. The van der Waals surface area contributed by atoms with Crippen LogP contribution >= 0.6 is 0 Å². The van der Waals surface area contributed by atoms with Crippen molar-refractivity contribution in [1.29, 1.82) is 0 Å². The number of nitrogens with zero attached hydrogens (tertiary/aromatic N) is 2. The van der Waals surface area contributed by atoms with Gasteiger partial charge in [-0.25, -0.2) is 9.18 Å². The highest BCUT2D eigenvalue weighted by molar-refractivity contribution is 6.10. The van der Waals surface area contributed by atoms with Gasteiger partial charge in [0.15, 0.2) is 0 Å². The van der Waals surface area contributed by atoms with E-state index in [9.17, 15) is 14.0 Å². The van der Waals surface area contributed by atoms with Crippen LogP contribution in [-0.4, -0.2) is 74.5 Å². The number of hydrogen-bond donors (Lipinski definition) is 1. The van der Waals surface area contributed by atoms with Crippen molar-refractivity contribution >= 4 is 22.8 Å². The maximum absolute atomic E-state index is 14.6. The summed E-state index contributed by atoms with van der Waals surface area (Å²) < 4.78 is 32.4. The third-order valence-electron chi connectivity index (χ3n) is 6.61. The van der Waals surface area contributed by atoms with Crippen molar-refractivity contribution in [1.82, 2.24) is 14.8 Å². The number of rotatable bonds is 9. The molecule has 3 aromatic rings. The van der Waals surface area contributed by atoms with Crippen LogP contribution in [0.25, 0.3) is 10.9 Å². The number of fused-ring (bicyclic) bond motifs is 1. The Kier molecular flexibility index (Phi) is 8.22. The Labute approximate surface area is 209 Å². The van der Waals surface area contributed by atoms with Crippen LogP contribution in [0, 0.1) is 12.7 Å². The average molecular weight is 498 g/mol. The van der Waals surface area contributed by atoms with E-state index in [1.807, 2.05) is 41.8 Å². The lowest BCUT2D eigenvalue weighted by molar-refractivity contribution is -0.142. The molecule has 4 rings (SSSR count). The standard InChI is InChI=1S/C27H32FN3O5/c1-18-24(26(32)29-22(27(33)35-3)15-19-7-5-4-6-8-19)21-16-20(28)17-23(34-2)25(21)31(18)10-9-30-11-13-36-14-12-30/h4-8,16-17,22H,9-15H2,1-3H3,(H,29,32)/t22-/m0/s1. The van der Waals surface area contributed by atoms with Crippen LogP contribution in [0.15, 0.2) is 42.5 Å². The lowest BCUT2D eigenvalue weighted by Gasteiger charge is -2.27. The number of amides is 1. The fourth-order valence-electron chi connectivity index (χ4n) is 4.74. The van der Waals surface area contributed by atoms with Crippen molar-refractivity contribution in [2.75, 3.05) is 47.1 Å². The van der Waals surface area contributed by atoms with Gasteiger partial charge in [-0.2, -0.15) is 0 Å². The van der Waals surface area contributed by atoms with Crippen molar-refractivity contribution in [3.8, 4) is 5.75 Å². The molecule has 192 valence electrons. The summed E-state index contributed by atoms with van der Waals surface area (Å²) in [6, 6.07) is 11.1. The molecule has 1 amide bonds. The molecule has 0 unspecified atom stereocenters.